The lowest BCUT2D eigenvalue weighted by molar-refractivity contribution is 0.487. The number of para-hydroxylation sites is 1. The predicted octanol–water partition coefficient (Wildman–Crippen LogP) is 18.8. The molecule has 0 N–H and O–H groups in total. The Bertz CT molecular complexity index is 4330. The Morgan fingerprint density at radius 1 is 0.333 bits per heavy atom. The van der Waals surface area contributed by atoms with Gasteiger partial charge in [-0.15, -0.1) is 0 Å². The molecule has 0 unspecified atom stereocenters. The van der Waals surface area contributed by atoms with Gasteiger partial charge in [0.15, 0.2) is 0 Å². The summed E-state index contributed by atoms with van der Waals surface area (Å²) in [5, 5.41) is 5.09. The highest BCUT2D eigenvalue weighted by molar-refractivity contribution is 6.99. The molecule has 10 aromatic carbocycles. The van der Waals surface area contributed by atoms with Crippen LogP contribution in [0.2, 0.25) is 0 Å². The molecule has 4 heterocycles. The third-order valence-corrected chi connectivity index (χ3v) is 17.6. The van der Waals surface area contributed by atoms with Crippen molar-refractivity contribution in [3.05, 3.63) is 229 Å². The monoisotopic (exact) mass is 1050 g/mol. The Balaban J connectivity index is 1.03. The van der Waals surface area contributed by atoms with Gasteiger partial charge >= 0.3 is 0 Å². The van der Waals surface area contributed by atoms with Crippen LogP contribution >= 0.6 is 0 Å². The topological polar surface area (TPSA) is 22.3 Å². The molecular formula is C76H70BN3O. The SMILES string of the molecule is CC(C)(C)c1ccc2c(c1)c1cc(C(C)(C)C)ccc1n2-c1ccc2c(c1)Oc1cccc3c1B2c1ccc(-n2c4ccc(C(C)(C)C)cc4c4cc(C(C)(C)C)ccc42)cc1N3c1c(-c2ccccc2)cccc1-c1ccccc1. The van der Waals surface area contributed by atoms with Gasteiger partial charge in [-0.2, -0.15) is 0 Å². The molecule has 2 aliphatic heterocycles. The van der Waals surface area contributed by atoms with Gasteiger partial charge in [-0.3, -0.25) is 0 Å². The van der Waals surface area contributed by atoms with Crippen molar-refractivity contribution in [2.24, 2.45) is 0 Å². The Morgan fingerprint density at radius 3 is 1.17 bits per heavy atom. The normalized spacial score (nSPS) is 13.5. The molecule has 0 amide bonds. The van der Waals surface area contributed by atoms with Crippen LogP contribution in [0.1, 0.15) is 105 Å². The molecule has 2 aromatic heterocycles. The van der Waals surface area contributed by atoms with Crippen LogP contribution in [0.5, 0.6) is 11.5 Å². The van der Waals surface area contributed by atoms with Crippen molar-refractivity contribution in [1.29, 1.82) is 0 Å². The van der Waals surface area contributed by atoms with Crippen molar-refractivity contribution in [1.82, 2.24) is 9.13 Å². The van der Waals surface area contributed by atoms with Gasteiger partial charge in [-0.25, -0.2) is 0 Å². The first-order valence-corrected chi connectivity index (χ1v) is 29.0. The molecule has 0 fully saturated rings. The first-order valence-electron chi connectivity index (χ1n) is 29.0. The van der Waals surface area contributed by atoms with Crippen LogP contribution in [0, 0.1) is 0 Å². The summed E-state index contributed by atoms with van der Waals surface area (Å²) in [6.45, 7) is 27.6. The van der Waals surface area contributed by atoms with Crippen LogP contribution in [0.15, 0.2) is 206 Å². The predicted molar refractivity (Wildman–Crippen MR) is 347 cm³/mol. The number of ether oxygens (including phenoxy) is 1. The number of benzene rings is 10. The highest BCUT2D eigenvalue weighted by Gasteiger charge is 2.43. The van der Waals surface area contributed by atoms with Gasteiger partial charge in [0.2, 0.25) is 0 Å². The second-order valence-electron chi connectivity index (χ2n) is 27.1. The number of rotatable bonds is 5. The largest absolute Gasteiger partial charge is 0.458 e. The van der Waals surface area contributed by atoms with Crippen LogP contribution in [0.25, 0.3) is 77.2 Å². The summed E-state index contributed by atoms with van der Waals surface area (Å²) < 4.78 is 12.3. The van der Waals surface area contributed by atoms with E-state index in [0.29, 0.717) is 0 Å². The molecule has 4 nitrogen and oxygen atoms in total. The van der Waals surface area contributed by atoms with Crippen molar-refractivity contribution in [3.63, 3.8) is 0 Å². The summed E-state index contributed by atoms with van der Waals surface area (Å²) in [6.07, 6.45) is 0. The van der Waals surface area contributed by atoms with E-state index in [4.69, 9.17) is 4.74 Å². The van der Waals surface area contributed by atoms with E-state index < -0.39 is 0 Å². The molecule has 12 aromatic rings. The second kappa shape index (κ2) is 18.0. The summed E-state index contributed by atoms with van der Waals surface area (Å²) in [4.78, 5) is 2.57. The lowest BCUT2D eigenvalue weighted by atomic mass is 9.34. The first-order chi connectivity index (χ1) is 38.7. The maximum Gasteiger partial charge on any atom is 0.256 e. The smallest absolute Gasteiger partial charge is 0.256 e. The van der Waals surface area contributed by atoms with Crippen molar-refractivity contribution in [3.8, 4) is 45.1 Å². The van der Waals surface area contributed by atoms with Gasteiger partial charge < -0.3 is 18.8 Å². The molecule has 0 radical (unpaired) electrons. The van der Waals surface area contributed by atoms with E-state index in [1.54, 1.807) is 0 Å². The number of nitrogens with zero attached hydrogens (tertiary/aromatic N) is 3. The fourth-order valence-corrected chi connectivity index (χ4v) is 13.1. The second-order valence-corrected chi connectivity index (χ2v) is 27.1. The lowest BCUT2D eigenvalue weighted by Crippen LogP contribution is -2.59. The van der Waals surface area contributed by atoms with Crippen LogP contribution in [0.4, 0.5) is 17.1 Å². The molecule has 0 bridgehead atoms. The third kappa shape index (κ3) is 8.17. The summed E-state index contributed by atoms with van der Waals surface area (Å²) in [6, 6.07) is 78.0. The van der Waals surface area contributed by atoms with Crippen molar-refractivity contribution in [2.45, 2.75) is 105 Å². The van der Waals surface area contributed by atoms with E-state index in [9.17, 15) is 0 Å². The van der Waals surface area contributed by atoms with Gasteiger partial charge in [0, 0.05) is 61.5 Å². The average Bonchev–Trinajstić information content (AvgIpc) is 3.82. The Hall–Kier alpha value is -8.54. The van der Waals surface area contributed by atoms with Crippen LogP contribution in [-0.4, -0.2) is 15.8 Å². The minimum Gasteiger partial charge on any atom is -0.458 e. The molecule has 0 saturated heterocycles. The minimum absolute atomic E-state index is 0.00525. The zero-order chi connectivity index (χ0) is 56.1. The summed E-state index contributed by atoms with van der Waals surface area (Å²) in [5.41, 5.74) is 23.8. The molecular weight excluding hydrogens is 982 g/mol. The molecule has 2 aliphatic rings. The molecule has 398 valence electrons. The molecule has 0 spiro atoms. The zero-order valence-electron chi connectivity index (χ0n) is 49.0. The summed E-state index contributed by atoms with van der Waals surface area (Å²) >= 11 is 0. The quantitative estimate of drug-likeness (QED) is 0.160. The van der Waals surface area contributed by atoms with Crippen LogP contribution in [0.3, 0.4) is 0 Å². The van der Waals surface area contributed by atoms with Gasteiger partial charge in [0.25, 0.3) is 6.71 Å². The minimum atomic E-state index is -0.123. The van der Waals surface area contributed by atoms with E-state index in [2.05, 4.69) is 303 Å². The zero-order valence-corrected chi connectivity index (χ0v) is 49.0. The highest BCUT2D eigenvalue weighted by Crippen LogP contribution is 2.50. The maximum atomic E-state index is 7.35. The molecule has 14 rings (SSSR count). The van der Waals surface area contributed by atoms with Gasteiger partial charge in [-0.1, -0.05) is 204 Å². The van der Waals surface area contributed by atoms with E-state index in [0.717, 1.165) is 67.7 Å². The fourth-order valence-electron chi connectivity index (χ4n) is 13.1. The van der Waals surface area contributed by atoms with Crippen molar-refractivity contribution >= 4 is 83.8 Å². The van der Waals surface area contributed by atoms with Gasteiger partial charge in [0.05, 0.1) is 27.8 Å². The molecule has 5 heteroatoms. The summed E-state index contributed by atoms with van der Waals surface area (Å²) in [5.74, 6) is 1.75. The Labute approximate surface area is 478 Å². The van der Waals surface area contributed by atoms with Crippen LogP contribution in [-0.2, 0) is 21.7 Å². The standard InChI is InChI=1S/C76H70BN3O/c1-73(2,3)49-29-37-63-57(41-49)58-42-50(74(4,5)6)30-38-64(58)78(63)53-33-35-61-68(45-53)80(72-55(47-21-15-13-16-22-47)25-19-26-56(72)48-23-17-14-18-24-48)67-27-20-28-69-71(67)77(61)62-36-34-54(46-70(62)81-69)79-65-39-31-51(75(7,8)9)43-59(65)60-44-52(76(10,11)12)32-40-66(60)79/h13-46H,1-12H3. The third-order valence-electron chi connectivity index (χ3n) is 17.6. The summed E-state index contributed by atoms with van der Waals surface area (Å²) in [7, 11) is 0. The van der Waals surface area contributed by atoms with Crippen LogP contribution < -0.4 is 26.0 Å². The number of hydrogen-bond donors (Lipinski definition) is 0. The van der Waals surface area contributed by atoms with Gasteiger partial charge in [-0.05, 0) is 150 Å². The highest BCUT2D eigenvalue weighted by atomic mass is 16.5. The maximum absolute atomic E-state index is 7.35. The number of anilines is 3. The van der Waals surface area contributed by atoms with Crippen molar-refractivity contribution < 1.29 is 4.74 Å². The lowest BCUT2D eigenvalue weighted by Gasteiger charge is -2.41. The van der Waals surface area contributed by atoms with E-state index in [1.807, 2.05) is 0 Å². The average molecular weight is 1050 g/mol. The van der Waals surface area contributed by atoms with E-state index in [-0.39, 0.29) is 28.4 Å². The fraction of sp³-hybridized carbons (Fsp3) is 0.211. The number of fused-ring (bicyclic) bond motifs is 10. The Kier molecular flexibility index (Phi) is 11.3. The number of aromatic nitrogens is 2. The van der Waals surface area contributed by atoms with Crippen molar-refractivity contribution in [2.75, 3.05) is 4.90 Å². The van der Waals surface area contributed by atoms with Gasteiger partial charge in [0.1, 0.15) is 11.5 Å². The number of hydrogen-bond acceptors (Lipinski definition) is 2. The van der Waals surface area contributed by atoms with E-state index in [1.165, 1.54) is 76.8 Å². The van der Waals surface area contributed by atoms with E-state index >= 15 is 0 Å². The molecule has 81 heavy (non-hydrogen) atoms. The molecule has 0 aliphatic carbocycles. The first kappa shape index (κ1) is 50.7. The molecule has 0 saturated carbocycles. The Morgan fingerprint density at radius 2 is 0.741 bits per heavy atom. The molecule has 0 atom stereocenters.